The molecule has 0 bridgehead atoms. The van der Waals surface area contributed by atoms with Gasteiger partial charge in [-0.1, -0.05) is 52.5 Å². The zero-order chi connectivity index (χ0) is 21.8. The highest BCUT2D eigenvalue weighted by molar-refractivity contribution is 7.89. The van der Waals surface area contributed by atoms with E-state index in [9.17, 15) is 13.2 Å². The number of rotatable bonds is 5. The molecule has 0 fully saturated rings. The van der Waals surface area contributed by atoms with Crippen LogP contribution in [0.4, 0.5) is 5.69 Å². The Kier molecular flexibility index (Phi) is 7.97. The Labute approximate surface area is 192 Å². The van der Waals surface area contributed by atoms with Gasteiger partial charge in [0, 0.05) is 16.3 Å². The van der Waals surface area contributed by atoms with Crippen molar-refractivity contribution in [1.29, 1.82) is 0 Å². The zero-order valence-corrected chi connectivity index (χ0v) is 19.0. The lowest BCUT2D eigenvalue weighted by Gasteiger charge is -2.27. The molecular weight excluding hydrogens is 502 g/mol. The van der Waals surface area contributed by atoms with Gasteiger partial charge in [-0.2, -0.15) is 0 Å². The van der Waals surface area contributed by atoms with Gasteiger partial charge in [0.15, 0.2) is 5.11 Å². The van der Waals surface area contributed by atoms with E-state index in [0.29, 0.717) is 10.7 Å². The summed E-state index contributed by atoms with van der Waals surface area (Å²) < 4.78 is 20.6. The second-order valence-electron chi connectivity index (χ2n) is 5.63. The van der Waals surface area contributed by atoms with Crippen molar-refractivity contribution < 1.29 is 13.2 Å². The molecule has 5 N–H and O–H groups in total. The third-order valence-electron chi connectivity index (χ3n) is 3.41. The van der Waals surface area contributed by atoms with E-state index in [1.807, 2.05) is 0 Å². The zero-order valence-electron chi connectivity index (χ0n) is 14.3. The molecule has 1 atom stereocenters. The van der Waals surface area contributed by atoms with E-state index < -0.39 is 25.9 Å². The van der Waals surface area contributed by atoms with Crippen molar-refractivity contribution in [2.24, 2.45) is 5.14 Å². The van der Waals surface area contributed by atoms with E-state index in [1.165, 1.54) is 30.3 Å². The van der Waals surface area contributed by atoms with E-state index in [4.69, 9.17) is 63.8 Å². The lowest BCUT2D eigenvalue weighted by atomic mass is 10.2. The average molecular weight is 516 g/mol. The molecule has 0 saturated heterocycles. The van der Waals surface area contributed by atoms with Crippen molar-refractivity contribution in [3.05, 3.63) is 59.1 Å². The van der Waals surface area contributed by atoms with E-state index in [0.717, 1.165) is 0 Å². The van der Waals surface area contributed by atoms with Gasteiger partial charge in [0.05, 0.1) is 4.90 Å². The van der Waals surface area contributed by atoms with Gasteiger partial charge in [0.25, 0.3) is 5.91 Å². The summed E-state index contributed by atoms with van der Waals surface area (Å²) in [5.41, 5.74) is 0.704. The fraction of sp³-hybridized carbons (Fsp3) is 0.125. The third kappa shape index (κ3) is 7.45. The molecule has 0 aromatic heterocycles. The van der Waals surface area contributed by atoms with E-state index in [1.54, 1.807) is 18.2 Å². The van der Waals surface area contributed by atoms with Gasteiger partial charge in [-0.3, -0.25) is 4.79 Å². The van der Waals surface area contributed by atoms with E-state index >= 15 is 0 Å². The number of thiocarbonyl (C=S) groups is 1. The van der Waals surface area contributed by atoms with Gasteiger partial charge in [-0.05, 0) is 54.7 Å². The van der Waals surface area contributed by atoms with Gasteiger partial charge >= 0.3 is 0 Å². The van der Waals surface area contributed by atoms with Crippen LogP contribution in [-0.2, 0) is 10.0 Å². The largest absolute Gasteiger partial charge is 0.339 e. The van der Waals surface area contributed by atoms with Crippen LogP contribution in [0.5, 0.6) is 0 Å². The molecule has 7 nitrogen and oxygen atoms in total. The molecule has 2 rings (SSSR count). The van der Waals surface area contributed by atoms with Gasteiger partial charge in [0.1, 0.15) is 6.17 Å². The van der Waals surface area contributed by atoms with Crippen LogP contribution in [0.25, 0.3) is 0 Å². The Morgan fingerprint density at radius 2 is 1.69 bits per heavy atom. The summed E-state index contributed by atoms with van der Waals surface area (Å²) >= 11 is 28.9. The van der Waals surface area contributed by atoms with Crippen LogP contribution in [-0.4, -0.2) is 29.4 Å². The number of carbonyl (C=O) groups is 1. The number of amides is 1. The number of halogens is 4. The molecule has 0 aliphatic carbocycles. The van der Waals surface area contributed by atoms with Crippen molar-refractivity contribution in [3.8, 4) is 0 Å². The highest BCUT2D eigenvalue weighted by Gasteiger charge is 2.35. The van der Waals surface area contributed by atoms with Crippen LogP contribution < -0.4 is 21.1 Å². The third-order valence-corrected chi connectivity index (χ3v) is 5.44. The molecule has 0 saturated carbocycles. The highest BCUT2D eigenvalue weighted by atomic mass is 35.6. The summed E-state index contributed by atoms with van der Waals surface area (Å²) in [5.74, 6) is -0.545. The summed E-state index contributed by atoms with van der Waals surface area (Å²) in [4.78, 5) is 12.3. The second-order valence-corrected chi connectivity index (χ2v) is 10.4. The van der Waals surface area contributed by atoms with Crippen molar-refractivity contribution in [1.82, 2.24) is 10.6 Å². The molecule has 1 amide bonds. The molecular formula is C16H14Cl4N4O3S2. The standard InChI is InChI=1S/C16H14Cl4N4O3S2/c17-10-3-1-2-9(8-10)13(25)23-14(16(18,19)20)24-15(28)22-11-4-6-12(7-5-11)29(21,26)27/h1-8,14H,(H,23,25)(H2,21,26,27)(H2,22,24,28)/t14-/m1/s1. The molecule has 0 spiro atoms. The maximum Gasteiger partial charge on any atom is 0.253 e. The number of hydrogen-bond donors (Lipinski definition) is 4. The summed E-state index contributed by atoms with van der Waals surface area (Å²) in [6.07, 6.45) is -1.19. The maximum absolute atomic E-state index is 12.4. The minimum atomic E-state index is -3.81. The predicted octanol–water partition coefficient (Wildman–Crippen LogP) is 3.40. The smallest absolute Gasteiger partial charge is 0.253 e. The maximum atomic E-state index is 12.4. The van der Waals surface area contributed by atoms with Crippen LogP contribution in [0.1, 0.15) is 10.4 Å². The minimum absolute atomic E-state index is 0.0103. The second kappa shape index (κ2) is 9.65. The first kappa shape index (κ1) is 23.9. The topological polar surface area (TPSA) is 113 Å². The normalized spacial score (nSPS) is 12.7. The summed E-state index contributed by atoms with van der Waals surface area (Å²) in [5, 5.41) is 13.4. The van der Waals surface area contributed by atoms with Crippen LogP contribution >= 0.6 is 58.6 Å². The van der Waals surface area contributed by atoms with Crippen molar-refractivity contribution in [2.45, 2.75) is 14.9 Å². The monoisotopic (exact) mass is 514 g/mol. The fourth-order valence-electron chi connectivity index (χ4n) is 2.07. The van der Waals surface area contributed by atoms with Gasteiger partial charge < -0.3 is 16.0 Å². The summed E-state index contributed by atoms with van der Waals surface area (Å²) in [6.45, 7) is 0. The lowest BCUT2D eigenvalue weighted by Crippen LogP contribution is -2.56. The van der Waals surface area contributed by atoms with Crippen LogP contribution in [0.3, 0.4) is 0 Å². The van der Waals surface area contributed by atoms with Crippen LogP contribution in [0, 0.1) is 0 Å². The first-order valence-electron chi connectivity index (χ1n) is 7.70. The summed E-state index contributed by atoms with van der Waals surface area (Å²) in [6, 6.07) is 11.7. The van der Waals surface area contributed by atoms with Crippen LogP contribution in [0.15, 0.2) is 53.4 Å². The number of sulfonamides is 1. The quantitative estimate of drug-likeness (QED) is 0.276. The molecule has 0 radical (unpaired) electrons. The predicted molar refractivity (Wildman–Crippen MR) is 120 cm³/mol. The average Bonchev–Trinajstić information content (AvgIpc) is 2.60. The van der Waals surface area contributed by atoms with Gasteiger partial charge in [-0.15, -0.1) is 0 Å². The number of anilines is 1. The van der Waals surface area contributed by atoms with Crippen LogP contribution in [0.2, 0.25) is 5.02 Å². The molecule has 29 heavy (non-hydrogen) atoms. The number of alkyl halides is 3. The Balaban J connectivity index is 2.08. The fourth-order valence-corrected chi connectivity index (χ4v) is 3.34. The Morgan fingerprint density at radius 3 is 2.21 bits per heavy atom. The van der Waals surface area contributed by atoms with E-state index in [2.05, 4.69) is 16.0 Å². The van der Waals surface area contributed by atoms with Gasteiger partial charge in [-0.25, -0.2) is 13.6 Å². The lowest BCUT2D eigenvalue weighted by molar-refractivity contribution is 0.0934. The van der Waals surface area contributed by atoms with E-state index in [-0.39, 0.29) is 15.6 Å². The Bertz CT molecular complexity index is 1010. The molecule has 0 aliphatic rings. The van der Waals surface area contributed by atoms with Crippen molar-refractivity contribution in [3.63, 3.8) is 0 Å². The summed E-state index contributed by atoms with van der Waals surface area (Å²) in [7, 11) is -3.81. The molecule has 156 valence electrons. The highest BCUT2D eigenvalue weighted by Crippen LogP contribution is 2.29. The molecule has 13 heteroatoms. The van der Waals surface area contributed by atoms with Gasteiger partial charge in [0.2, 0.25) is 13.8 Å². The SMILES string of the molecule is NS(=O)(=O)c1ccc(NC(=S)N[C@@H](NC(=O)c2cccc(Cl)c2)C(Cl)(Cl)Cl)cc1. The van der Waals surface area contributed by atoms with Crippen molar-refractivity contribution >= 4 is 85.4 Å². The number of benzene rings is 2. The molecule has 2 aromatic rings. The Morgan fingerprint density at radius 1 is 1.07 bits per heavy atom. The molecule has 0 aliphatic heterocycles. The number of primary sulfonamides is 1. The number of nitrogens with one attached hydrogen (secondary N) is 3. The molecule has 0 heterocycles. The molecule has 0 unspecified atom stereocenters. The number of hydrogen-bond acceptors (Lipinski definition) is 4. The van der Waals surface area contributed by atoms with Crippen molar-refractivity contribution in [2.75, 3.05) is 5.32 Å². The first-order chi connectivity index (χ1) is 13.4. The number of carbonyl (C=O) groups excluding carboxylic acids is 1. The molecule has 2 aromatic carbocycles. The minimum Gasteiger partial charge on any atom is -0.339 e. The first-order valence-corrected chi connectivity index (χ1v) is 11.2. The Hall–Kier alpha value is -1.33. The number of nitrogens with two attached hydrogens (primary N) is 1.